The fraction of sp³-hybridized carbons (Fsp3) is 0.317. The molecule has 0 fully saturated rings. The molecule has 0 bridgehead atoms. The van der Waals surface area contributed by atoms with E-state index in [9.17, 15) is 31.7 Å². The van der Waals surface area contributed by atoms with Crippen LogP contribution in [0.15, 0.2) is 96.2 Å². The first-order valence-corrected chi connectivity index (χ1v) is 21.9. The number of hydrogen-bond acceptors (Lipinski definition) is 14. The van der Waals surface area contributed by atoms with Crippen LogP contribution in [0.2, 0.25) is 0 Å². The Morgan fingerprint density at radius 1 is 0.710 bits per heavy atom. The van der Waals surface area contributed by atoms with Crippen molar-refractivity contribution in [3.8, 4) is 17.6 Å². The van der Waals surface area contributed by atoms with Crippen molar-refractivity contribution in [3.05, 3.63) is 147 Å². The molecule has 3 aromatic carbocycles. The predicted molar refractivity (Wildman–Crippen MR) is 230 cm³/mol. The molecule has 16 nitrogen and oxygen atoms in total. The van der Waals surface area contributed by atoms with E-state index in [2.05, 4.69) is 78.1 Å². The Morgan fingerprint density at radius 3 is 1.53 bits per heavy atom. The van der Waals surface area contributed by atoms with Gasteiger partial charge in [0.05, 0.1) is 42.8 Å². The third-order valence-corrected chi connectivity index (χ3v) is 8.67. The highest BCUT2D eigenvalue weighted by Crippen LogP contribution is 2.28. The first-order chi connectivity index (χ1) is 28.9. The third kappa shape index (κ3) is 22.5. The minimum absolute atomic E-state index is 0.0858. The van der Waals surface area contributed by atoms with Crippen LogP contribution in [-0.2, 0) is 31.5 Å². The van der Waals surface area contributed by atoms with Crippen molar-refractivity contribution in [1.29, 1.82) is 0 Å². The number of nitrogens with zero attached hydrogens (tertiary/aromatic N) is 8. The zero-order chi connectivity index (χ0) is 47.2. The molecule has 0 aliphatic rings. The SMILES string of the molecule is COc1cc(C)nc(OC)n1.CS(=O)(=O)O[O-].Cc1ccc(C(F)(F)F)cc1.Cc1ccc([S+](C)C)cc1.Cc1cnn(-c2ccc([N+](=O)[O-])cc2)c1.Cc1nc(C)nc(C)n1. The van der Waals surface area contributed by atoms with Gasteiger partial charge >= 0.3 is 12.2 Å². The lowest BCUT2D eigenvalue weighted by atomic mass is 10.1. The van der Waals surface area contributed by atoms with E-state index < -0.39 is 26.8 Å². The van der Waals surface area contributed by atoms with Gasteiger partial charge < -0.3 is 19.1 Å². The number of rotatable bonds is 6. The normalized spacial score (nSPS) is 10.4. The third-order valence-electron chi connectivity index (χ3n) is 7.20. The van der Waals surface area contributed by atoms with Crippen LogP contribution in [0.3, 0.4) is 0 Å². The second kappa shape index (κ2) is 26.3. The van der Waals surface area contributed by atoms with Gasteiger partial charge in [0, 0.05) is 41.0 Å². The van der Waals surface area contributed by atoms with Crippen LogP contribution in [0.4, 0.5) is 18.9 Å². The van der Waals surface area contributed by atoms with Crippen molar-refractivity contribution >= 4 is 26.7 Å². The molecule has 0 aliphatic carbocycles. The molecule has 336 valence electrons. The summed E-state index contributed by atoms with van der Waals surface area (Å²) in [6.07, 6.45) is 4.55. The molecular formula is C41H51F3N8O8S2. The average Bonchev–Trinajstić information content (AvgIpc) is 3.64. The number of ether oxygens (including phenoxy) is 2. The zero-order valence-electron chi connectivity index (χ0n) is 36.5. The van der Waals surface area contributed by atoms with Crippen molar-refractivity contribution in [2.45, 2.75) is 59.5 Å². The highest BCUT2D eigenvalue weighted by molar-refractivity contribution is 7.95. The highest BCUT2D eigenvalue weighted by atomic mass is 32.2. The number of non-ortho nitro benzene ring substituents is 1. The molecule has 3 heterocycles. The van der Waals surface area contributed by atoms with E-state index >= 15 is 0 Å². The minimum Gasteiger partial charge on any atom is -0.707 e. The number of halogens is 3. The van der Waals surface area contributed by atoms with Crippen LogP contribution in [0.5, 0.6) is 11.9 Å². The Hall–Kier alpha value is -6.03. The monoisotopic (exact) mass is 904 g/mol. The lowest BCUT2D eigenvalue weighted by Gasteiger charge is -2.05. The van der Waals surface area contributed by atoms with E-state index in [1.165, 1.54) is 41.8 Å². The molecule has 0 spiro atoms. The molecule has 0 unspecified atom stereocenters. The van der Waals surface area contributed by atoms with Gasteiger partial charge in [0.15, 0.2) is 4.90 Å². The molecule has 6 aromatic rings. The molecule has 0 radical (unpaired) electrons. The highest BCUT2D eigenvalue weighted by Gasteiger charge is 2.29. The maximum Gasteiger partial charge on any atom is 0.416 e. The summed E-state index contributed by atoms with van der Waals surface area (Å²) < 4.78 is 68.8. The van der Waals surface area contributed by atoms with Gasteiger partial charge in [0.1, 0.15) is 30.0 Å². The summed E-state index contributed by atoms with van der Waals surface area (Å²) in [5.41, 5.74) is 4.36. The van der Waals surface area contributed by atoms with Gasteiger partial charge in [-0.15, -0.1) is 0 Å². The van der Waals surface area contributed by atoms with E-state index in [1.54, 1.807) is 43.1 Å². The van der Waals surface area contributed by atoms with E-state index in [0.717, 1.165) is 52.1 Å². The lowest BCUT2D eigenvalue weighted by Crippen LogP contribution is -2.12. The first kappa shape index (κ1) is 54.0. The van der Waals surface area contributed by atoms with Gasteiger partial charge in [0.2, 0.25) is 5.88 Å². The quantitative estimate of drug-likeness (QED) is 0.0702. The molecule has 3 aromatic heterocycles. The Morgan fingerprint density at radius 2 is 1.18 bits per heavy atom. The standard InChI is InChI=1S/C10H9N3O2.C9H13S.C8H7F3.C7H10N2O2.C6H9N3.CH4O4S/c1-8-6-11-12(7-8)9-2-4-10(5-3-9)13(14)15;1-8-4-6-9(7-5-8)10(2)3;1-6-2-4-7(5-3-6)8(9,10)11;1-5-4-6(10-2)9-7(8-5)11-3;1-4-7-5(2)9-6(3)8-4;1-6(3,4)5-2/h2-7H,1H3;4-7H,1-3H3;2-5H,1H3;4H,1-3H3;1-3H3;2H,1H3/q;+1;;;;/p-1. The second-order valence-electron chi connectivity index (χ2n) is 13.0. The smallest absolute Gasteiger partial charge is 0.416 e. The molecular weight excluding hydrogens is 854 g/mol. The summed E-state index contributed by atoms with van der Waals surface area (Å²) in [5, 5.41) is 23.4. The molecule has 0 N–H and O–H groups in total. The molecule has 0 amide bonds. The topological polar surface area (TPSA) is 210 Å². The average molecular weight is 905 g/mol. The van der Waals surface area contributed by atoms with Crippen LogP contribution < -0.4 is 14.7 Å². The van der Waals surface area contributed by atoms with Gasteiger partial charge in [0.25, 0.3) is 15.8 Å². The molecule has 0 saturated carbocycles. The van der Waals surface area contributed by atoms with Crippen molar-refractivity contribution in [2.75, 3.05) is 33.0 Å². The number of nitro benzene ring substituents is 1. The maximum atomic E-state index is 11.9. The van der Waals surface area contributed by atoms with E-state index in [0.29, 0.717) is 29.0 Å². The molecule has 0 atom stereocenters. The summed E-state index contributed by atoms with van der Waals surface area (Å²) in [6.45, 7) is 13.3. The number of aromatic nitrogens is 7. The van der Waals surface area contributed by atoms with Gasteiger partial charge in [-0.3, -0.25) is 10.1 Å². The summed E-state index contributed by atoms with van der Waals surface area (Å²) in [7, 11) is -0.226. The molecule has 62 heavy (non-hydrogen) atoms. The van der Waals surface area contributed by atoms with E-state index in [-0.39, 0.29) is 5.69 Å². The van der Waals surface area contributed by atoms with Gasteiger partial charge in [-0.1, -0.05) is 35.4 Å². The number of hydrogen-bond donors (Lipinski definition) is 0. The fourth-order valence-electron chi connectivity index (χ4n) is 4.32. The number of methoxy groups -OCH3 is 2. The first-order valence-electron chi connectivity index (χ1n) is 18.0. The molecule has 0 aliphatic heterocycles. The molecule has 0 saturated heterocycles. The summed E-state index contributed by atoms with van der Waals surface area (Å²) >= 11 is 0. The lowest BCUT2D eigenvalue weighted by molar-refractivity contribution is -0.634. The van der Waals surface area contributed by atoms with Crippen LogP contribution in [-0.4, -0.2) is 81.0 Å². The Balaban J connectivity index is 0.000000379. The number of nitro groups is 1. The number of alkyl halides is 3. The predicted octanol–water partition coefficient (Wildman–Crippen LogP) is 7.17. The van der Waals surface area contributed by atoms with Crippen LogP contribution in [0.25, 0.3) is 5.69 Å². The van der Waals surface area contributed by atoms with Crippen molar-refractivity contribution in [3.63, 3.8) is 0 Å². The minimum atomic E-state index is -4.21. The fourth-order valence-corrected chi connectivity index (χ4v) is 5.00. The molecule has 21 heteroatoms. The Labute approximate surface area is 362 Å². The van der Waals surface area contributed by atoms with Crippen LogP contribution >= 0.6 is 0 Å². The summed E-state index contributed by atoms with van der Waals surface area (Å²) in [4.78, 5) is 31.4. The molecule has 6 rings (SSSR count). The van der Waals surface area contributed by atoms with Crippen molar-refractivity contribution in [1.82, 2.24) is 34.7 Å². The number of benzene rings is 3. The van der Waals surface area contributed by atoms with Crippen molar-refractivity contribution in [2.24, 2.45) is 0 Å². The Bertz CT molecular complexity index is 2290. The van der Waals surface area contributed by atoms with Crippen LogP contribution in [0, 0.1) is 58.6 Å². The second-order valence-corrected chi connectivity index (χ2v) is 16.7. The Kier molecular flexibility index (Phi) is 22.9. The van der Waals surface area contributed by atoms with E-state index in [4.69, 9.17) is 14.7 Å². The van der Waals surface area contributed by atoms with E-state index in [1.807, 2.05) is 40.8 Å². The van der Waals surface area contributed by atoms with Gasteiger partial charge in [-0.2, -0.15) is 23.3 Å². The van der Waals surface area contributed by atoms with Gasteiger partial charge in [-0.05, 0) is 90.4 Å². The largest absolute Gasteiger partial charge is 0.707 e. The van der Waals surface area contributed by atoms with Crippen molar-refractivity contribution < 1.29 is 45.6 Å². The van der Waals surface area contributed by atoms with Crippen LogP contribution in [0.1, 0.15) is 45.4 Å². The zero-order valence-corrected chi connectivity index (χ0v) is 38.1. The van der Waals surface area contributed by atoms with Gasteiger partial charge in [-0.25, -0.2) is 33.0 Å². The summed E-state index contributed by atoms with van der Waals surface area (Å²) in [5.74, 6) is 2.90. The number of aryl methyl sites for hydroxylation is 7. The summed E-state index contributed by atoms with van der Waals surface area (Å²) in [6, 6.07) is 22.1. The maximum absolute atomic E-state index is 11.9.